The molecule has 1 unspecified atom stereocenters. The summed E-state index contributed by atoms with van der Waals surface area (Å²) in [6.07, 6.45) is 3.81. The van der Waals surface area contributed by atoms with E-state index in [9.17, 15) is 0 Å². The van der Waals surface area contributed by atoms with Gasteiger partial charge in [-0.3, -0.25) is 9.88 Å². The minimum Gasteiger partial charge on any atom is -0.313 e. The first-order valence-electron chi connectivity index (χ1n) is 6.02. The van der Waals surface area contributed by atoms with Gasteiger partial charge in [-0.25, -0.2) is 0 Å². The van der Waals surface area contributed by atoms with Crippen LogP contribution < -0.4 is 5.32 Å². The number of nitrogens with one attached hydrogen (secondary N) is 1. The molecule has 2 heterocycles. The van der Waals surface area contributed by atoms with Gasteiger partial charge >= 0.3 is 0 Å². The summed E-state index contributed by atoms with van der Waals surface area (Å²) in [5.74, 6) is 0.678. The van der Waals surface area contributed by atoms with Gasteiger partial charge in [-0.2, -0.15) is 0 Å². The van der Waals surface area contributed by atoms with E-state index in [-0.39, 0.29) is 0 Å². The molecule has 3 heteroatoms. The number of likely N-dealkylation sites (N-methyl/N-ethyl adjacent to an activating group) is 1. The molecule has 0 bridgehead atoms. The number of hydrogen-bond acceptors (Lipinski definition) is 3. The van der Waals surface area contributed by atoms with Crippen LogP contribution in [0.2, 0.25) is 0 Å². The normalized spacial score (nSPS) is 27.2. The Morgan fingerprint density at radius 3 is 2.88 bits per heavy atom. The van der Waals surface area contributed by atoms with Gasteiger partial charge in [0.2, 0.25) is 0 Å². The van der Waals surface area contributed by atoms with Crippen LogP contribution in [0.25, 0.3) is 0 Å². The molecule has 16 heavy (non-hydrogen) atoms. The van der Waals surface area contributed by atoms with Gasteiger partial charge < -0.3 is 5.32 Å². The second-order valence-electron chi connectivity index (χ2n) is 4.94. The van der Waals surface area contributed by atoms with E-state index in [4.69, 9.17) is 0 Å². The quantitative estimate of drug-likeness (QED) is 0.820. The largest absolute Gasteiger partial charge is 0.313 e. The average Bonchev–Trinajstić information content (AvgIpc) is 2.30. The second kappa shape index (κ2) is 4.93. The lowest BCUT2D eigenvalue weighted by atomic mass is 9.96. The number of hydrogen-bond donors (Lipinski definition) is 1. The van der Waals surface area contributed by atoms with Gasteiger partial charge in [0.05, 0.1) is 0 Å². The monoisotopic (exact) mass is 219 g/mol. The third-order valence-corrected chi connectivity index (χ3v) is 3.54. The highest BCUT2D eigenvalue weighted by atomic mass is 15.2. The highest BCUT2D eigenvalue weighted by Crippen LogP contribution is 2.25. The molecule has 2 atom stereocenters. The SMILES string of the molecule is CC(C)[C@@H]1CNCC(c2cccnc2)N1C. The minimum absolute atomic E-state index is 0.454. The van der Waals surface area contributed by atoms with Crippen LogP contribution in [0.3, 0.4) is 0 Å². The molecule has 1 aliphatic heterocycles. The number of pyridine rings is 1. The molecular formula is C13H21N3. The van der Waals surface area contributed by atoms with Crippen molar-refractivity contribution in [3.8, 4) is 0 Å². The first kappa shape index (κ1) is 11.6. The smallest absolute Gasteiger partial charge is 0.0488 e. The van der Waals surface area contributed by atoms with E-state index in [1.54, 1.807) is 0 Å². The van der Waals surface area contributed by atoms with Gasteiger partial charge in [-0.15, -0.1) is 0 Å². The Bertz CT molecular complexity index is 323. The second-order valence-corrected chi connectivity index (χ2v) is 4.94. The average molecular weight is 219 g/mol. The van der Waals surface area contributed by atoms with Crippen molar-refractivity contribution < 1.29 is 0 Å². The third kappa shape index (κ3) is 2.25. The van der Waals surface area contributed by atoms with Gasteiger partial charge in [0.25, 0.3) is 0 Å². The van der Waals surface area contributed by atoms with Crippen molar-refractivity contribution in [3.05, 3.63) is 30.1 Å². The van der Waals surface area contributed by atoms with Crippen LogP contribution in [0.5, 0.6) is 0 Å². The van der Waals surface area contributed by atoms with Crippen LogP contribution in [0.1, 0.15) is 25.5 Å². The molecule has 1 saturated heterocycles. The molecule has 3 nitrogen and oxygen atoms in total. The Balaban J connectivity index is 2.16. The van der Waals surface area contributed by atoms with Crippen molar-refractivity contribution in [1.82, 2.24) is 15.2 Å². The zero-order valence-electron chi connectivity index (χ0n) is 10.4. The zero-order chi connectivity index (χ0) is 11.5. The molecule has 1 aliphatic rings. The fourth-order valence-electron chi connectivity index (χ4n) is 2.52. The summed E-state index contributed by atoms with van der Waals surface area (Å²) in [6, 6.07) is 5.24. The zero-order valence-corrected chi connectivity index (χ0v) is 10.4. The van der Waals surface area contributed by atoms with Crippen molar-refractivity contribution in [2.75, 3.05) is 20.1 Å². The molecule has 0 aliphatic carbocycles. The van der Waals surface area contributed by atoms with Crippen LogP contribution >= 0.6 is 0 Å². The number of aromatic nitrogens is 1. The van der Waals surface area contributed by atoms with Crippen molar-refractivity contribution >= 4 is 0 Å². The summed E-state index contributed by atoms with van der Waals surface area (Å²) in [5.41, 5.74) is 1.31. The van der Waals surface area contributed by atoms with E-state index >= 15 is 0 Å². The Morgan fingerprint density at radius 2 is 2.25 bits per heavy atom. The lowest BCUT2D eigenvalue weighted by Gasteiger charge is -2.42. The van der Waals surface area contributed by atoms with Crippen LogP contribution in [-0.4, -0.2) is 36.1 Å². The van der Waals surface area contributed by atoms with Crippen molar-refractivity contribution in [2.45, 2.75) is 25.9 Å². The Labute approximate surface area is 97.9 Å². The summed E-state index contributed by atoms with van der Waals surface area (Å²) in [7, 11) is 2.23. The maximum Gasteiger partial charge on any atom is 0.0488 e. The maximum atomic E-state index is 4.21. The van der Waals surface area contributed by atoms with Crippen LogP contribution in [-0.2, 0) is 0 Å². The predicted octanol–water partition coefficient (Wildman–Crippen LogP) is 1.68. The van der Waals surface area contributed by atoms with E-state index in [1.165, 1.54) is 5.56 Å². The summed E-state index contributed by atoms with van der Waals surface area (Å²) >= 11 is 0. The first-order chi connectivity index (χ1) is 7.70. The fourth-order valence-corrected chi connectivity index (χ4v) is 2.52. The van der Waals surface area contributed by atoms with E-state index in [0.29, 0.717) is 18.0 Å². The molecule has 1 aromatic rings. The highest BCUT2D eigenvalue weighted by molar-refractivity contribution is 5.15. The first-order valence-corrected chi connectivity index (χ1v) is 6.02. The lowest BCUT2D eigenvalue weighted by Crippen LogP contribution is -2.53. The van der Waals surface area contributed by atoms with Crippen molar-refractivity contribution in [1.29, 1.82) is 0 Å². The van der Waals surface area contributed by atoms with Gasteiger partial charge in [0.15, 0.2) is 0 Å². The summed E-state index contributed by atoms with van der Waals surface area (Å²) in [5, 5.41) is 3.53. The summed E-state index contributed by atoms with van der Waals surface area (Å²) in [4.78, 5) is 6.69. The van der Waals surface area contributed by atoms with Crippen LogP contribution in [0.4, 0.5) is 0 Å². The van der Waals surface area contributed by atoms with Crippen molar-refractivity contribution in [3.63, 3.8) is 0 Å². The molecule has 2 rings (SSSR count). The molecule has 0 amide bonds. The Hall–Kier alpha value is -0.930. The topological polar surface area (TPSA) is 28.2 Å². The third-order valence-electron chi connectivity index (χ3n) is 3.54. The van der Waals surface area contributed by atoms with Gasteiger partial charge in [0.1, 0.15) is 0 Å². The number of rotatable bonds is 2. The van der Waals surface area contributed by atoms with E-state index in [2.05, 4.69) is 42.2 Å². The summed E-state index contributed by atoms with van der Waals surface area (Å²) < 4.78 is 0. The van der Waals surface area contributed by atoms with E-state index in [0.717, 1.165) is 13.1 Å². The molecule has 1 aromatic heterocycles. The highest BCUT2D eigenvalue weighted by Gasteiger charge is 2.29. The van der Waals surface area contributed by atoms with E-state index in [1.807, 2.05) is 18.5 Å². The summed E-state index contributed by atoms with van der Waals surface area (Å²) in [6.45, 7) is 6.68. The molecular weight excluding hydrogens is 198 g/mol. The molecule has 0 saturated carbocycles. The minimum atomic E-state index is 0.454. The molecule has 1 N–H and O–H groups in total. The molecule has 0 spiro atoms. The molecule has 0 aromatic carbocycles. The number of nitrogens with zero attached hydrogens (tertiary/aromatic N) is 2. The van der Waals surface area contributed by atoms with Crippen LogP contribution in [0, 0.1) is 5.92 Å². The van der Waals surface area contributed by atoms with Crippen LogP contribution in [0.15, 0.2) is 24.5 Å². The Kier molecular flexibility index (Phi) is 3.56. The fraction of sp³-hybridized carbons (Fsp3) is 0.615. The van der Waals surface area contributed by atoms with Crippen molar-refractivity contribution in [2.24, 2.45) is 5.92 Å². The van der Waals surface area contributed by atoms with Gasteiger partial charge in [0, 0.05) is 37.6 Å². The van der Waals surface area contributed by atoms with Gasteiger partial charge in [-0.05, 0) is 24.6 Å². The van der Waals surface area contributed by atoms with Gasteiger partial charge in [-0.1, -0.05) is 19.9 Å². The number of piperazine rings is 1. The Morgan fingerprint density at radius 1 is 1.44 bits per heavy atom. The lowest BCUT2D eigenvalue weighted by molar-refractivity contribution is 0.0977. The standard InChI is InChI=1S/C13H21N3/c1-10(2)12-8-15-9-13(16(12)3)11-5-4-6-14-7-11/h4-7,10,12-13,15H,8-9H2,1-3H3/t12-,13?/m0/s1. The molecule has 88 valence electrons. The predicted molar refractivity (Wildman–Crippen MR) is 66.2 cm³/mol. The molecule has 1 fully saturated rings. The van der Waals surface area contributed by atoms with E-state index < -0.39 is 0 Å². The molecule has 0 radical (unpaired) electrons. The maximum absolute atomic E-state index is 4.21.